The molecule has 142 valence electrons. The molecule has 2 amide bonds. The van der Waals surface area contributed by atoms with Gasteiger partial charge >= 0.3 is 0 Å². The lowest BCUT2D eigenvalue weighted by Gasteiger charge is -2.03. The van der Waals surface area contributed by atoms with E-state index < -0.39 is 0 Å². The number of carbonyl (C=O) groups is 2. The highest BCUT2D eigenvalue weighted by Crippen LogP contribution is 2.25. The molecule has 0 aliphatic rings. The number of carbonyl (C=O) groups excluding carboxylic acids is 2. The first-order chi connectivity index (χ1) is 13.5. The summed E-state index contributed by atoms with van der Waals surface area (Å²) in [5, 5.41) is 8.56. The quantitative estimate of drug-likeness (QED) is 0.575. The summed E-state index contributed by atoms with van der Waals surface area (Å²) in [7, 11) is 0. The fourth-order valence-corrected chi connectivity index (χ4v) is 3.33. The SMILES string of the molecule is CC(=O)NCc1ccc(-c2csc(NC(=O)/C=C/c3cccc(Cl)c3)n2)cc1. The Morgan fingerprint density at radius 1 is 1.18 bits per heavy atom. The molecule has 0 aliphatic heterocycles. The Kier molecular flexibility index (Phi) is 6.57. The van der Waals surface area contributed by atoms with Gasteiger partial charge in [-0.25, -0.2) is 4.98 Å². The smallest absolute Gasteiger partial charge is 0.250 e. The number of thiazole rings is 1. The zero-order valence-electron chi connectivity index (χ0n) is 15.1. The van der Waals surface area contributed by atoms with E-state index in [1.54, 1.807) is 18.2 Å². The van der Waals surface area contributed by atoms with E-state index >= 15 is 0 Å². The fourth-order valence-electron chi connectivity index (χ4n) is 2.41. The van der Waals surface area contributed by atoms with E-state index in [0.29, 0.717) is 16.7 Å². The summed E-state index contributed by atoms with van der Waals surface area (Å²) in [6, 6.07) is 15.0. The zero-order valence-corrected chi connectivity index (χ0v) is 16.7. The van der Waals surface area contributed by atoms with Gasteiger partial charge in [0.05, 0.1) is 5.69 Å². The Morgan fingerprint density at radius 2 is 1.96 bits per heavy atom. The monoisotopic (exact) mass is 411 g/mol. The first-order valence-corrected chi connectivity index (χ1v) is 9.79. The van der Waals surface area contributed by atoms with Gasteiger partial charge in [0.1, 0.15) is 0 Å². The van der Waals surface area contributed by atoms with Crippen LogP contribution in [0.1, 0.15) is 18.1 Å². The third-order valence-electron chi connectivity index (χ3n) is 3.80. The van der Waals surface area contributed by atoms with Gasteiger partial charge in [-0.15, -0.1) is 11.3 Å². The average Bonchev–Trinajstić information content (AvgIpc) is 3.13. The number of rotatable bonds is 6. The third kappa shape index (κ3) is 5.77. The lowest BCUT2D eigenvalue weighted by Crippen LogP contribution is -2.18. The molecular weight excluding hydrogens is 394 g/mol. The summed E-state index contributed by atoms with van der Waals surface area (Å²) in [4.78, 5) is 27.5. The first kappa shape index (κ1) is 19.8. The average molecular weight is 412 g/mol. The number of aromatic nitrogens is 1. The van der Waals surface area contributed by atoms with Gasteiger partial charge in [-0.3, -0.25) is 14.9 Å². The summed E-state index contributed by atoms with van der Waals surface area (Å²) >= 11 is 7.29. The first-order valence-electron chi connectivity index (χ1n) is 8.53. The third-order valence-corrected chi connectivity index (χ3v) is 4.79. The van der Waals surface area contributed by atoms with Crippen LogP contribution in [0.5, 0.6) is 0 Å². The Balaban J connectivity index is 1.60. The molecule has 0 saturated carbocycles. The van der Waals surface area contributed by atoms with Gasteiger partial charge in [0.25, 0.3) is 0 Å². The highest BCUT2D eigenvalue weighted by Gasteiger charge is 2.07. The summed E-state index contributed by atoms with van der Waals surface area (Å²) < 4.78 is 0. The second kappa shape index (κ2) is 9.30. The van der Waals surface area contributed by atoms with Crippen molar-refractivity contribution in [2.24, 2.45) is 0 Å². The molecule has 7 heteroatoms. The Hall–Kier alpha value is -2.96. The minimum atomic E-state index is -0.258. The molecule has 0 saturated heterocycles. The van der Waals surface area contributed by atoms with Gasteiger partial charge in [-0.05, 0) is 29.3 Å². The van der Waals surface area contributed by atoms with Crippen molar-refractivity contribution >= 4 is 46.0 Å². The number of halogens is 1. The van der Waals surface area contributed by atoms with Gasteiger partial charge in [0.15, 0.2) is 5.13 Å². The van der Waals surface area contributed by atoms with Crippen molar-refractivity contribution in [3.63, 3.8) is 0 Å². The molecule has 0 fully saturated rings. The summed E-state index contributed by atoms with van der Waals surface area (Å²) in [5.41, 5.74) is 3.58. The van der Waals surface area contributed by atoms with Crippen molar-refractivity contribution < 1.29 is 9.59 Å². The van der Waals surface area contributed by atoms with Crippen LogP contribution in [0.4, 0.5) is 5.13 Å². The fraction of sp³-hybridized carbons (Fsp3) is 0.0952. The maximum absolute atomic E-state index is 12.1. The number of anilines is 1. The van der Waals surface area contributed by atoms with Crippen LogP contribution in [0.3, 0.4) is 0 Å². The largest absolute Gasteiger partial charge is 0.352 e. The van der Waals surface area contributed by atoms with Crippen molar-refractivity contribution in [1.82, 2.24) is 10.3 Å². The van der Waals surface area contributed by atoms with Gasteiger partial charge in [0, 0.05) is 35.5 Å². The molecule has 0 bridgehead atoms. The summed E-state index contributed by atoms with van der Waals surface area (Å²) in [5.74, 6) is -0.320. The number of benzene rings is 2. The second-order valence-electron chi connectivity index (χ2n) is 6.02. The van der Waals surface area contributed by atoms with Crippen LogP contribution in [0.15, 0.2) is 60.0 Å². The van der Waals surface area contributed by atoms with Crippen LogP contribution in [0.25, 0.3) is 17.3 Å². The van der Waals surface area contributed by atoms with E-state index in [0.717, 1.165) is 22.4 Å². The molecule has 28 heavy (non-hydrogen) atoms. The topological polar surface area (TPSA) is 71.1 Å². The van der Waals surface area contributed by atoms with E-state index in [9.17, 15) is 9.59 Å². The van der Waals surface area contributed by atoms with Gasteiger partial charge in [-0.2, -0.15) is 0 Å². The predicted molar refractivity (Wildman–Crippen MR) is 114 cm³/mol. The second-order valence-corrected chi connectivity index (χ2v) is 7.32. The number of hydrogen-bond donors (Lipinski definition) is 2. The van der Waals surface area contributed by atoms with Crippen molar-refractivity contribution in [3.8, 4) is 11.3 Å². The van der Waals surface area contributed by atoms with Gasteiger partial charge < -0.3 is 5.32 Å². The normalized spacial score (nSPS) is 10.8. The molecule has 0 atom stereocenters. The lowest BCUT2D eigenvalue weighted by atomic mass is 10.1. The van der Waals surface area contributed by atoms with Crippen molar-refractivity contribution in [3.05, 3.63) is 76.1 Å². The molecule has 1 heterocycles. The van der Waals surface area contributed by atoms with E-state index in [-0.39, 0.29) is 11.8 Å². The number of hydrogen-bond acceptors (Lipinski definition) is 4. The van der Waals surface area contributed by atoms with E-state index in [1.165, 1.54) is 24.3 Å². The van der Waals surface area contributed by atoms with E-state index in [1.807, 2.05) is 41.8 Å². The highest BCUT2D eigenvalue weighted by atomic mass is 35.5. The molecule has 5 nitrogen and oxygen atoms in total. The predicted octanol–water partition coefficient (Wildman–Crippen LogP) is 4.75. The molecule has 1 aromatic heterocycles. The zero-order chi connectivity index (χ0) is 19.9. The molecule has 0 unspecified atom stereocenters. The van der Waals surface area contributed by atoms with Crippen LogP contribution >= 0.6 is 22.9 Å². The molecule has 0 spiro atoms. The standard InChI is InChI=1S/C21H18ClN3O2S/c1-14(26)23-12-16-5-8-17(9-6-16)19-13-28-21(24-19)25-20(27)10-7-15-3-2-4-18(22)11-15/h2-11,13H,12H2,1H3,(H,23,26)(H,24,25,27)/b10-7+. The van der Waals surface area contributed by atoms with Crippen LogP contribution in [-0.4, -0.2) is 16.8 Å². The Bertz CT molecular complexity index is 1010. The maximum Gasteiger partial charge on any atom is 0.250 e. The molecule has 3 aromatic rings. The van der Waals surface area contributed by atoms with Crippen molar-refractivity contribution in [2.75, 3.05) is 5.32 Å². The molecule has 2 N–H and O–H groups in total. The van der Waals surface area contributed by atoms with Gasteiger partial charge in [-0.1, -0.05) is 48.0 Å². The molecular formula is C21H18ClN3O2S. The summed E-state index contributed by atoms with van der Waals surface area (Å²) in [6.07, 6.45) is 3.15. The van der Waals surface area contributed by atoms with Crippen molar-refractivity contribution in [1.29, 1.82) is 0 Å². The van der Waals surface area contributed by atoms with Crippen LogP contribution in [-0.2, 0) is 16.1 Å². The number of amides is 2. The number of nitrogens with one attached hydrogen (secondary N) is 2. The Morgan fingerprint density at radius 3 is 2.68 bits per heavy atom. The number of nitrogens with zero attached hydrogens (tertiary/aromatic N) is 1. The maximum atomic E-state index is 12.1. The minimum Gasteiger partial charge on any atom is -0.352 e. The highest BCUT2D eigenvalue weighted by molar-refractivity contribution is 7.14. The molecule has 3 rings (SSSR count). The molecule has 2 aromatic carbocycles. The van der Waals surface area contributed by atoms with Gasteiger partial charge in [0.2, 0.25) is 11.8 Å². The van der Waals surface area contributed by atoms with Crippen LogP contribution < -0.4 is 10.6 Å². The molecule has 0 radical (unpaired) electrons. The van der Waals surface area contributed by atoms with Crippen LogP contribution in [0, 0.1) is 0 Å². The lowest BCUT2D eigenvalue weighted by molar-refractivity contribution is -0.119. The summed E-state index contributed by atoms with van der Waals surface area (Å²) in [6.45, 7) is 1.98. The molecule has 0 aliphatic carbocycles. The van der Waals surface area contributed by atoms with E-state index in [2.05, 4.69) is 15.6 Å². The minimum absolute atomic E-state index is 0.0617. The van der Waals surface area contributed by atoms with Crippen molar-refractivity contribution in [2.45, 2.75) is 13.5 Å². The van der Waals surface area contributed by atoms with Crippen LogP contribution in [0.2, 0.25) is 5.02 Å². The Labute approximate surface area is 172 Å². The van der Waals surface area contributed by atoms with E-state index in [4.69, 9.17) is 11.6 Å².